The molecule has 3 atom stereocenters. The number of rotatable bonds is 3. The molecule has 0 radical (unpaired) electrons. The maximum atomic E-state index is 13.0. The summed E-state index contributed by atoms with van der Waals surface area (Å²) in [5.74, 6) is -0.245. The van der Waals surface area contributed by atoms with Crippen molar-refractivity contribution in [3.8, 4) is 0 Å². The molecule has 0 aliphatic heterocycles. The van der Waals surface area contributed by atoms with Gasteiger partial charge in [0.25, 0.3) is 0 Å². The number of aliphatic hydroxyl groups excluding tert-OH is 1. The van der Waals surface area contributed by atoms with E-state index in [1.165, 1.54) is 0 Å². The van der Waals surface area contributed by atoms with Crippen molar-refractivity contribution < 1.29 is 19.4 Å². The van der Waals surface area contributed by atoms with Gasteiger partial charge in [0.05, 0.1) is 6.10 Å². The van der Waals surface area contributed by atoms with Gasteiger partial charge in [-0.15, -0.1) is 0 Å². The first kappa shape index (κ1) is 20.0. The predicted octanol–water partition coefficient (Wildman–Crippen LogP) is 3.75. The van der Waals surface area contributed by atoms with Gasteiger partial charge in [-0.2, -0.15) is 0 Å². The summed E-state index contributed by atoms with van der Waals surface area (Å²) in [6.45, 7) is 16.9. The Kier molecular flexibility index (Phi) is 4.15. The van der Waals surface area contributed by atoms with Crippen LogP contribution in [0.5, 0.6) is 0 Å². The average molecular weight is 379 g/mol. The van der Waals surface area contributed by atoms with Crippen LogP contribution in [0.3, 0.4) is 0 Å². The largest absolute Gasteiger partial charge is 0.416 e. The lowest BCUT2D eigenvalue weighted by atomic mass is 9.67. The first-order chi connectivity index (χ1) is 11.6. The third-order valence-corrected chi connectivity index (χ3v) is 12.2. The van der Waals surface area contributed by atoms with E-state index in [0.29, 0.717) is 12.2 Å². The summed E-state index contributed by atoms with van der Waals surface area (Å²) in [6.07, 6.45) is 2.70. The highest BCUT2D eigenvalue weighted by atomic mass is 28.4. The molecule has 5 heteroatoms. The lowest BCUT2D eigenvalue weighted by Gasteiger charge is -2.41. The third kappa shape index (κ3) is 2.47. The van der Waals surface area contributed by atoms with Gasteiger partial charge in [-0.3, -0.25) is 4.79 Å². The van der Waals surface area contributed by atoms with Crippen LogP contribution < -0.4 is 0 Å². The zero-order valence-corrected chi connectivity index (χ0v) is 18.5. The van der Waals surface area contributed by atoms with Gasteiger partial charge in [-0.25, -0.2) is 0 Å². The van der Waals surface area contributed by atoms with E-state index in [1.54, 1.807) is 6.92 Å². The number of hydrogen-bond donors (Lipinski definition) is 2. The van der Waals surface area contributed by atoms with Crippen molar-refractivity contribution in [2.24, 2.45) is 10.8 Å². The molecule has 2 N–H and O–H groups in total. The van der Waals surface area contributed by atoms with E-state index < -0.39 is 30.9 Å². The molecule has 3 unspecified atom stereocenters. The van der Waals surface area contributed by atoms with Crippen LogP contribution >= 0.6 is 0 Å². The van der Waals surface area contributed by atoms with E-state index in [1.807, 2.05) is 19.9 Å². The molecular weight excluding hydrogens is 344 g/mol. The molecule has 146 valence electrons. The molecule has 26 heavy (non-hydrogen) atoms. The second-order valence-electron chi connectivity index (χ2n) is 10.5. The molecule has 0 saturated heterocycles. The van der Waals surface area contributed by atoms with Crippen molar-refractivity contribution in [3.63, 3.8) is 0 Å². The van der Waals surface area contributed by atoms with Crippen molar-refractivity contribution >= 4 is 14.1 Å². The quantitative estimate of drug-likeness (QED) is 0.734. The second kappa shape index (κ2) is 5.40. The number of carbonyl (C=O) groups is 1. The minimum Gasteiger partial charge on any atom is -0.416 e. The van der Waals surface area contributed by atoms with Crippen LogP contribution in [0.1, 0.15) is 54.4 Å². The fraction of sp³-hybridized carbons (Fsp3) is 0.762. The lowest BCUT2D eigenvalue weighted by molar-refractivity contribution is -0.138. The summed E-state index contributed by atoms with van der Waals surface area (Å²) in [4.78, 5) is 13.0. The van der Waals surface area contributed by atoms with Crippen LogP contribution in [-0.2, 0) is 9.22 Å². The average Bonchev–Trinajstić information content (AvgIpc) is 3.26. The van der Waals surface area contributed by atoms with Crippen LogP contribution in [0, 0.1) is 10.8 Å². The van der Waals surface area contributed by atoms with Gasteiger partial charge in [0.15, 0.2) is 14.1 Å². The van der Waals surface area contributed by atoms with Gasteiger partial charge in [0, 0.05) is 23.0 Å². The normalized spacial score (nSPS) is 36.5. The highest BCUT2D eigenvalue weighted by Crippen LogP contribution is 2.65. The number of fused-ring (bicyclic) bond motifs is 1. The Morgan fingerprint density at radius 3 is 2.27 bits per heavy atom. The zero-order chi connectivity index (χ0) is 19.9. The minimum absolute atomic E-state index is 0.0829. The van der Waals surface area contributed by atoms with Crippen molar-refractivity contribution in [2.45, 2.75) is 84.2 Å². The topological polar surface area (TPSA) is 66.8 Å². The molecule has 0 aromatic rings. The fourth-order valence-corrected chi connectivity index (χ4v) is 5.43. The predicted molar refractivity (Wildman–Crippen MR) is 105 cm³/mol. The molecule has 0 aromatic heterocycles. The van der Waals surface area contributed by atoms with Crippen LogP contribution in [0.15, 0.2) is 22.8 Å². The van der Waals surface area contributed by atoms with Crippen molar-refractivity contribution in [1.29, 1.82) is 0 Å². The van der Waals surface area contributed by atoms with E-state index in [-0.39, 0.29) is 10.8 Å². The van der Waals surface area contributed by atoms with E-state index in [9.17, 15) is 15.0 Å². The van der Waals surface area contributed by atoms with Gasteiger partial charge >= 0.3 is 0 Å². The highest BCUT2D eigenvalue weighted by Gasteiger charge is 2.66. The monoisotopic (exact) mass is 378 g/mol. The first-order valence-corrected chi connectivity index (χ1v) is 12.6. The molecule has 3 rings (SSSR count). The number of hydrogen-bond acceptors (Lipinski definition) is 4. The summed E-state index contributed by atoms with van der Waals surface area (Å²) in [7, 11) is -1.97. The number of carbonyl (C=O) groups excluding carboxylic acids is 1. The summed E-state index contributed by atoms with van der Waals surface area (Å²) >= 11 is 0. The van der Waals surface area contributed by atoms with Crippen LogP contribution in [0.4, 0.5) is 0 Å². The Labute approximate surface area is 158 Å². The van der Waals surface area contributed by atoms with Crippen molar-refractivity contribution in [1.82, 2.24) is 0 Å². The molecule has 1 saturated carbocycles. The Bertz CT molecular complexity index is 719. The molecule has 3 aliphatic carbocycles. The minimum atomic E-state index is -1.97. The molecule has 1 fully saturated rings. The number of ketones is 1. The first-order valence-electron chi connectivity index (χ1n) is 9.64. The Morgan fingerprint density at radius 1 is 1.27 bits per heavy atom. The van der Waals surface area contributed by atoms with Crippen LogP contribution in [0.2, 0.25) is 18.1 Å². The van der Waals surface area contributed by atoms with E-state index in [4.69, 9.17) is 4.43 Å². The molecule has 0 aromatic carbocycles. The summed E-state index contributed by atoms with van der Waals surface area (Å²) in [5, 5.41) is 22.2. The Morgan fingerprint density at radius 2 is 1.81 bits per heavy atom. The third-order valence-electron chi connectivity index (χ3n) is 7.70. The van der Waals surface area contributed by atoms with Crippen LogP contribution in [0.25, 0.3) is 0 Å². The molecule has 1 spiro atoms. The fourth-order valence-electron chi connectivity index (χ4n) is 4.32. The molecule has 0 bridgehead atoms. The van der Waals surface area contributed by atoms with Gasteiger partial charge in [-0.1, -0.05) is 39.3 Å². The summed E-state index contributed by atoms with van der Waals surface area (Å²) in [5.41, 5.74) is -0.287. The van der Waals surface area contributed by atoms with Gasteiger partial charge in [0.1, 0.15) is 5.60 Å². The zero-order valence-electron chi connectivity index (χ0n) is 17.5. The van der Waals surface area contributed by atoms with E-state index >= 15 is 0 Å². The maximum Gasteiger partial charge on any atom is 0.195 e. The van der Waals surface area contributed by atoms with Crippen LogP contribution in [-0.4, -0.2) is 42.6 Å². The van der Waals surface area contributed by atoms with Crippen molar-refractivity contribution in [3.05, 3.63) is 22.8 Å². The van der Waals surface area contributed by atoms with Gasteiger partial charge < -0.3 is 14.6 Å². The molecule has 0 amide bonds. The summed E-state index contributed by atoms with van der Waals surface area (Å²) < 4.78 is 6.39. The van der Waals surface area contributed by atoms with E-state index in [2.05, 4.69) is 33.9 Å². The molecule has 4 nitrogen and oxygen atoms in total. The number of Topliss-reactive ketones (excluding diaryl/α,β-unsaturated/α-hetero) is 1. The Hall–Kier alpha value is -0.753. The van der Waals surface area contributed by atoms with Gasteiger partial charge in [0.2, 0.25) is 0 Å². The lowest BCUT2D eigenvalue weighted by Crippen LogP contribution is -2.50. The smallest absolute Gasteiger partial charge is 0.195 e. The maximum absolute atomic E-state index is 13.0. The van der Waals surface area contributed by atoms with E-state index in [0.717, 1.165) is 24.0 Å². The van der Waals surface area contributed by atoms with Crippen molar-refractivity contribution in [2.75, 3.05) is 6.61 Å². The molecular formula is C21H34O4Si. The van der Waals surface area contributed by atoms with Gasteiger partial charge in [-0.05, 0) is 50.4 Å². The molecule has 3 aliphatic rings. The Balaban J connectivity index is 1.97. The highest BCUT2D eigenvalue weighted by molar-refractivity contribution is 6.74. The summed E-state index contributed by atoms with van der Waals surface area (Å²) in [6, 6.07) is 0. The standard InChI is InChI=1S/C21H34O4Si/c1-13-15-14(16(22)20(6,24)21(13)9-10-21)11-19(5,17(15)23)12-25-26(7,8)18(2,3)4/h11,17,23-24H,9-10,12H2,1-8H3. The number of aliphatic hydroxyl groups is 2. The SMILES string of the molecule is CC1=C2C(=CC(C)(CO[Si](C)(C)C(C)(C)C)C2O)C(=O)C(C)(O)C12CC2. The second-order valence-corrected chi connectivity index (χ2v) is 15.3. The molecule has 0 heterocycles.